The Kier molecular flexibility index (Phi) is 4.45. The standard InChI is InChI=1S/C17H22N4O2S/c1-17(2)8-9-21(10-11-24(17,22)23)16-12-15(18-13-19-16)20-14-6-4-3-5-7-14/h3-7,12-13H,8-11H2,1-2H3,(H,18,19,20). The molecule has 0 saturated carbocycles. The summed E-state index contributed by atoms with van der Waals surface area (Å²) in [6.45, 7) is 4.71. The molecule has 0 aliphatic carbocycles. The van der Waals surface area contributed by atoms with Gasteiger partial charge in [0.05, 0.1) is 10.5 Å². The normalized spacial score (nSPS) is 19.5. The quantitative estimate of drug-likeness (QED) is 0.921. The zero-order chi connectivity index (χ0) is 17.2. The molecule has 1 aromatic carbocycles. The summed E-state index contributed by atoms with van der Waals surface area (Å²) in [7, 11) is -3.10. The topological polar surface area (TPSA) is 75.2 Å². The first-order valence-corrected chi connectivity index (χ1v) is 9.64. The molecule has 1 fully saturated rings. The summed E-state index contributed by atoms with van der Waals surface area (Å²) >= 11 is 0. The molecule has 2 aromatic rings. The maximum Gasteiger partial charge on any atom is 0.157 e. The van der Waals surface area contributed by atoms with Crippen molar-refractivity contribution in [2.45, 2.75) is 25.0 Å². The van der Waals surface area contributed by atoms with Crippen molar-refractivity contribution in [1.82, 2.24) is 9.97 Å². The highest BCUT2D eigenvalue weighted by Gasteiger charge is 2.37. The van der Waals surface area contributed by atoms with Crippen LogP contribution in [0.2, 0.25) is 0 Å². The Morgan fingerprint density at radius 2 is 1.88 bits per heavy atom. The van der Waals surface area contributed by atoms with E-state index in [4.69, 9.17) is 0 Å². The molecule has 2 heterocycles. The minimum absolute atomic E-state index is 0.144. The molecule has 6 nitrogen and oxygen atoms in total. The second-order valence-electron chi connectivity index (χ2n) is 6.57. The van der Waals surface area contributed by atoms with Gasteiger partial charge < -0.3 is 10.2 Å². The Hall–Kier alpha value is -2.15. The van der Waals surface area contributed by atoms with Crippen molar-refractivity contribution >= 4 is 27.2 Å². The molecule has 0 amide bonds. The highest BCUT2D eigenvalue weighted by molar-refractivity contribution is 7.92. The lowest BCUT2D eigenvalue weighted by Crippen LogP contribution is -2.33. The Bertz CT molecular complexity index is 806. The van der Waals surface area contributed by atoms with E-state index >= 15 is 0 Å². The van der Waals surface area contributed by atoms with Crippen molar-refractivity contribution < 1.29 is 8.42 Å². The van der Waals surface area contributed by atoms with Gasteiger partial charge in [-0.25, -0.2) is 18.4 Å². The van der Waals surface area contributed by atoms with Crippen LogP contribution in [0.25, 0.3) is 0 Å². The van der Waals surface area contributed by atoms with Gasteiger partial charge in [-0.3, -0.25) is 0 Å². The van der Waals surface area contributed by atoms with Crippen LogP contribution in [0.15, 0.2) is 42.7 Å². The van der Waals surface area contributed by atoms with Gasteiger partial charge in [-0.15, -0.1) is 0 Å². The molecule has 24 heavy (non-hydrogen) atoms. The van der Waals surface area contributed by atoms with Crippen LogP contribution < -0.4 is 10.2 Å². The minimum atomic E-state index is -3.10. The lowest BCUT2D eigenvalue weighted by Gasteiger charge is -2.23. The van der Waals surface area contributed by atoms with E-state index in [9.17, 15) is 8.42 Å². The molecule has 0 spiro atoms. The molecule has 0 unspecified atom stereocenters. The number of aromatic nitrogens is 2. The van der Waals surface area contributed by atoms with Crippen LogP contribution in [-0.4, -0.2) is 42.0 Å². The maximum atomic E-state index is 12.3. The van der Waals surface area contributed by atoms with Crippen molar-refractivity contribution in [3.8, 4) is 0 Å². The Labute approximate surface area is 142 Å². The summed E-state index contributed by atoms with van der Waals surface area (Å²) in [6, 6.07) is 11.6. The zero-order valence-electron chi connectivity index (χ0n) is 13.9. The van der Waals surface area contributed by atoms with Gasteiger partial charge in [-0.2, -0.15) is 0 Å². The summed E-state index contributed by atoms with van der Waals surface area (Å²) in [5.74, 6) is 1.58. The zero-order valence-corrected chi connectivity index (χ0v) is 14.8. The highest BCUT2D eigenvalue weighted by Crippen LogP contribution is 2.27. The average Bonchev–Trinajstić information content (AvgIpc) is 2.65. The van der Waals surface area contributed by atoms with Gasteiger partial charge in [0.2, 0.25) is 0 Å². The molecule has 7 heteroatoms. The smallest absolute Gasteiger partial charge is 0.157 e. The number of sulfone groups is 1. The Morgan fingerprint density at radius 1 is 1.12 bits per heavy atom. The van der Waals surface area contributed by atoms with Crippen molar-refractivity contribution in [2.75, 3.05) is 29.1 Å². The molecule has 128 valence electrons. The van der Waals surface area contributed by atoms with Gasteiger partial charge in [0.1, 0.15) is 18.0 Å². The van der Waals surface area contributed by atoms with Crippen molar-refractivity contribution in [2.24, 2.45) is 0 Å². The largest absolute Gasteiger partial charge is 0.355 e. The molecule has 1 N–H and O–H groups in total. The van der Waals surface area contributed by atoms with Crippen LogP contribution in [-0.2, 0) is 9.84 Å². The number of nitrogens with one attached hydrogen (secondary N) is 1. The highest BCUT2D eigenvalue weighted by atomic mass is 32.2. The first kappa shape index (κ1) is 16.7. The van der Waals surface area contributed by atoms with Gasteiger partial charge in [0.15, 0.2) is 9.84 Å². The maximum absolute atomic E-state index is 12.3. The summed E-state index contributed by atoms with van der Waals surface area (Å²) in [5, 5.41) is 3.24. The van der Waals surface area contributed by atoms with E-state index in [1.807, 2.05) is 41.3 Å². The fraction of sp³-hybridized carbons (Fsp3) is 0.412. The van der Waals surface area contributed by atoms with Gasteiger partial charge in [0, 0.05) is 24.8 Å². The average molecular weight is 346 g/mol. The van der Waals surface area contributed by atoms with Crippen LogP contribution in [0.4, 0.5) is 17.3 Å². The first-order valence-electron chi connectivity index (χ1n) is 7.99. The predicted molar refractivity (Wildman–Crippen MR) is 96.5 cm³/mol. The second-order valence-corrected chi connectivity index (χ2v) is 9.31. The van der Waals surface area contributed by atoms with E-state index in [0.29, 0.717) is 25.3 Å². The number of rotatable bonds is 3. The van der Waals surface area contributed by atoms with Crippen LogP contribution in [0.3, 0.4) is 0 Å². The van der Waals surface area contributed by atoms with Crippen molar-refractivity contribution in [3.63, 3.8) is 0 Å². The number of hydrogen-bond donors (Lipinski definition) is 1. The summed E-state index contributed by atoms with van der Waals surface area (Å²) < 4.78 is 24.0. The number of anilines is 3. The van der Waals surface area contributed by atoms with E-state index in [1.165, 1.54) is 6.33 Å². The predicted octanol–water partition coefficient (Wildman–Crippen LogP) is 2.62. The lowest BCUT2D eigenvalue weighted by molar-refractivity contribution is 0.538. The third-order valence-corrected chi connectivity index (χ3v) is 7.09. The molecular weight excluding hydrogens is 324 g/mol. The monoisotopic (exact) mass is 346 g/mol. The van der Waals surface area contributed by atoms with Crippen LogP contribution in [0.1, 0.15) is 20.3 Å². The molecule has 0 atom stereocenters. The SMILES string of the molecule is CC1(C)CCN(c2cc(Nc3ccccc3)ncn2)CCS1(=O)=O. The third kappa shape index (κ3) is 3.51. The van der Waals surface area contributed by atoms with Crippen LogP contribution in [0.5, 0.6) is 0 Å². The molecule has 0 radical (unpaired) electrons. The van der Waals surface area contributed by atoms with Crippen molar-refractivity contribution in [1.29, 1.82) is 0 Å². The summed E-state index contributed by atoms with van der Waals surface area (Å²) in [4.78, 5) is 10.6. The molecule has 0 bridgehead atoms. The first-order chi connectivity index (χ1) is 11.4. The number of para-hydroxylation sites is 1. The van der Waals surface area contributed by atoms with Gasteiger partial charge >= 0.3 is 0 Å². The molecule has 1 aliphatic rings. The van der Waals surface area contributed by atoms with Gasteiger partial charge in [-0.1, -0.05) is 18.2 Å². The number of nitrogens with zero attached hydrogens (tertiary/aromatic N) is 3. The Balaban J connectivity index is 1.79. The molecular formula is C17H22N4O2S. The van der Waals surface area contributed by atoms with E-state index in [-0.39, 0.29) is 5.75 Å². The molecule has 1 saturated heterocycles. The fourth-order valence-corrected chi connectivity index (χ4v) is 4.08. The van der Waals surface area contributed by atoms with E-state index < -0.39 is 14.6 Å². The Morgan fingerprint density at radius 3 is 2.62 bits per heavy atom. The second kappa shape index (κ2) is 6.39. The summed E-state index contributed by atoms with van der Waals surface area (Å²) in [5.41, 5.74) is 0.946. The van der Waals surface area contributed by atoms with E-state index in [2.05, 4.69) is 15.3 Å². The van der Waals surface area contributed by atoms with E-state index in [0.717, 1.165) is 11.5 Å². The summed E-state index contributed by atoms with van der Waals surface area (Å²) in [6.07, 6.45) is 2.09. The molecule has 1 aromatic heterocycles. The van der Waals surface area contributed by atoms with Crippen molar-refractivity contribution in [3.05, 3.63) is 42.7 Å². The third-order valence-electron chi connectivity index (χ3n) is 4.48. The minimum Gasteiger partial charge on any atom is -0.355 e. The van der Waals surface area contributed by atoms with Crippen LogP contribution >= 0.6 is 0 Å². The van der Waals surface area contributed by atoms with E-state index in [1.54, 1.807) is 13.8 Å². The number of hydrogen-bond acceptors (Lipinski definition) is 6. The fourth-order valence-electron chi connectivity index (χ4n) is 2.66. The van der Waals surface area contributed by atoms with Gasteiger partial charge in [-0.05, 0) is 32.4 Å². The number of benzene rings is 1. The van der Waals surface area contributed by atoms with Crippen LogP contribution in [0, 0.1) is 0 Å². The molecule has 1 aliphatic heterocycles. The lowest BCUT2D eigenvalue weighted by atomic mass is 10.1. The molecule has 3 rings (SSSR count). The van der Waals surface area contributed by atoms with Gasteiger partial charge in [0.25, 0.3) is 0 Å².